The van der Waals surface area contributed by atoms with Crippen LogP contribution >= 0.6 is 11.6 Å². The highest BCUT2D eigenvalue weighted by molar-refractivity contribution is 7.92. The maximum atomic E-state index is 13.2. The third-order valence-electron chi connectivity index (χ3n) is 4.28. The summed E-state index contributed by atoms with van der Waals surface area (Å²) in [7, 11) is -3.95. The Kier molecular flexibility index (Phi) is 6.87. The molecule has 0 bridgehead atoms. The average molecular weight is 442 g/mol. The van der Waals surface area contributed by atoms with Crippen molar-refractivity contribution in [3.8, 4) is 0 Å². The second kappa shape index (κ2) is 9.56. The molecule has 0 fully saturated rings. The highest BCUT2D eigenvalue weighted by Gasteiger charge is 2.27. The van der Waals surface area contributed by atoms with E-state index in [-0.39, 0.29) is 4.90 Å². The maximum absolute atomic E-state index is 13.2. The molecule has 0 saturated carbocycles. The van der Waals surface area contributed by atoms with Gasteiger partial charge in [0.25, 0.3) is 15.9 Å². The summed E-state index contributed by atoms with van der Waals surface area (Å²) < 4.78 is 27.6. The van der Waals surface area contributed by atoms with Crippen molar-refractivity contribution < 1.29 is 13.2 Å². The van der Waals surface area contributed by atoms with E-state index >= 15 is 0 Å². The number of halogens is 1. The largest absolute Gasteiger partial charge is 0.271 e. The van der Waals surface area contributed by atoms with Crippen molar-refractivity contribution in [2.75, 3.05) is 10.8 Å². The number of amides is 1. The number of sulfonamides is 1. The summed E-state index contributed by atoms with van der Waals surface area (Å²) in [6.45, 7) is 1.37. The number of hydrogen-bond donors (Lipinski definition) is 1. The van der Waals surface area contributed by atoms with Crippen molar-refractivity contribution in [2.24, 2.45) is 5.10 Å². The second-order valence-corrected chi connectivity index (χ2v) is 8.75. The molecule has 3 aromatic carbocycles. The maximum Gasteiger partial charge on any atom is 0.264 e. The molecule has 0 saturated heterocycles. The molecule has 1 amide bonds. The Labute approximate surface area is 180 Å². The quantitative estimate of drug-likeness (QED) is 0.444. The average Bonchev–Trinajstić information content (AvgIpc) is 2.75. The van der Waals surface area contributed by atoms with Gasteiger partial charge in [0.2, 0.25) is 0 Å². The molecule has 8 heteroatoms. The van der Waals surface area contributed by atoms with Crippen molar-refractivity contribution in [3.05, 3.63) is 95.0 Å². The van der Waals surface area contributed by atoms with Gasteiger partial charge in [-0.05, 0) is 48.4 Å². The molecule has 6 nitrogen and oxygen atoms in total. The summed E-state index contributed by atoms with van der Waals surface area (Å²) in [4.78, 5) is 12.6. The first kappa shape index (κ1) is 21.5. The number of rotatable bonds is 7. The number of benzene rings is 3. The molecule has 0 atom stereocenters. The van der Waals surface area contributed by atoms with Crippen molar-refractivity contribution in [1.82, 2.24) is 5.43 Å². The van der Waals surface area contributed by atoms with Crippen LogP contribution in [0.1, 0.15) is 11.1 Å². The van der Waals surface area contributed by atoms with Crippen molar-refractivity contribution >= 4 is 39.4 Å². The number of aryl methyl sites for hydroxylation is 1. The van der Waals surface area contributed by atoms with E-state index in [0.29, 0.717) is 10.7 Å². The van der Waals surface area contributed by atoms with Crippen LogP contribution in [0.2, 0.25) is 5.02 Å². The molecular weight excluding hydrogens is 422 g/mol. The first-order valence-electron chi connectivity index (χ1n) is 9.09. The molecule has 3 aromatic rings. The summed E-state index contributed by atoms with van der Waals surface area (Å²) in [5.41, 5.74) is 4.28. The smallest absolute Gasteiger partial charge is 0.264 e. The predicted molar refractivity (Wildman–Crippen MR) is 119 cm³/mol. The Hall–Kier alpha value is -3.16. The molecule has 0 heterocycles. The summed E-state index contributed by atoms with van der Waals surface area (Å²) in [6, 6.07) is 21.9. The lowest BCUT2D eigenvalue weighted by atomic mass is 10.2. The number of carbonyl (C=O) groups excluding carboxylic acids is 1. The fourth-order valence-electron chi connectivity index (χ4n) is 2.76. The van der Waals surface area contributed by atoms with E-state index < -0.39 is 22.5 Å². The van der Waals surface area contributed by atoms with Gasteiger partial charge in [0.15, 0.2) is 0 Å². The van der Waals surface area contributed by atoms with Gasteiger partial charge in [-0.1, -0.05) is 60.1 Å². The lowest BCUT2D eigenvalue weighted by Crippen LogP contribution is -2.40. The van der Waals surface area contributed by atoms with Gasteiger partial charge < -0.3 is 0 Å². The molecule has 30 heavy (non-hydrogen) atoms. The molecule has 0 radical (unpaired) electrons. The predicted octanol–water partition coefficient (Wildman–Crippen LogP) is 3.99. The number of hydrazone groups is 1. The summed E-state index contributed by atoms with van der Waals surface area (Å²) in [6.07, 6.45) is 1.46. The molecule has 0 aliphatic heterocycles. The normalized spacial score (nSPS) is 11.4. The molecule has 3 rings (SSSR count). The second-order valence-electron chi connectivity index (χ2n) is 6.46. The molecule has 0 aliphatic rings. The van der Waals surface area contributed by atoms with Crippen LogP contribution in [-0.2, 0) is 14.8 Å². The minimum atomic E-state index is -3.95. The first-order valence-corrected chi connectivity index (χ1v) is 10.9. The van der Waals surface area contributed by atoms with Gasteiger partial charge in [-0.3, -0.25) is 9.10 Å². The van der Waals surface area contributed by atoms with Crippen molar-refractivity contribution in [3.63, 3.8) is 0 Å². The van der Waals surface area contributed by atoms with Gasteiger partial charge >= 0.3 is 0 Å². The van der Waals surface area contributed by atoms with E-state index in [1.807, 2.05) is 6.07 Å². The van der Waals surface area contributed by atoms with Gasteiger partial charge in [-0.2, -0.15) is 5.10 Å². The zero-order chi connectivity index (χ0) is 21.6. The number of carbonyl (C=O) groups is 1. The molecule has 154 valence electrons. The highest BCUT2D eigenvalue weighted by atomic mass is 35.5. The van der Waals surface area contributed by atoms with Crippen LogP contribution < -0.4 is 9.73 Å². The first-order chi connectivity index (χ1) is 14.4. The van der Waals surface area contributed by atoms with Crippen molar-refractivity contribution in [2.45, 2.75) is 11.8 Å². The van der Waals surface area contributed by atoms with Crippen LogP contribution in [0.5, 0.6) is 0 Å². The summed E-state index contributed by atoms with van der Waals surface area (Å²) >= 11 is 5.84. The van der Waals surface area contributed by atoms with Crippen LogP contribution in [0.25, 0.3) is 0 Å². The zero-order valence-corrected chi connectivity index (χ0v) is 17.8. The van der Waals surface area contributed by atoms with Gasteiger partial charge in [0.05, 0.1) is 16.8 Å². The van der Waals surface area contributed by atoms with Crippen LogP contribution in [-0.4, -0.2) is 27.1 Å². The minimum absolute atomic E-state index is 0.103. The van der Waals surface area contributed by atoms with Gasteiger partial charge in [0.1, 0.15) is 6.54 Å². The Morgan fingerprint density at radius 2 is 1.63 bits per heavy atom. The van der Waals surface area contributed by atoms with E-state index in [9.17, 15) is 13.2 Å². The summed E-state index contributed by atoms with van der Waals surface area (Å²) in [5, 5.41) is 4.50. The molecule has 0 unspecified atom stereocenters. The van der Waals surface area contributed by atoms with Crippen molar-refractivity contribution in [1.29, 1.82) is 0 Å². The fraction of sp³-hybridized carbons (Fsp3) is 0.0909. The van der Waals surface area contributed by atoms with Gasteiger partial charge in [0, 0.05) is 5.02 Å². The van der Waals surface area contributed by atoms with E-state index in [2.05, 4.69) is 10.5 Å². The molecule has 1 N–H and O–H groups in total. The molecular formula is C22H20ClN3O3S. The SMILES string of the molecule is Cc1ccccc1N(CC(=O)N/N=C/c1ccc(Cl)cc1)S(=O)(=O)c1ccccc1. The van der Waals surface area contributed by atoms with Crippen LogP contribution in [0, 0.1) is 6.92 Å². The topological polar surface area (TPSA) is 78.8 Å². The number of para-hydroxylation sites is 1. The third-order valence-corrected chi connectivity index (χ3v) is 6.30. The Bertz CT molecular complexity index is 1150. The van der Waals surface area contributed by atoms with Crippen LogP contribution in [0.3, 0.4) is 0 Å². The van der Waals surface area contributed by atoms with Crippen LogP contribution in [0.15, 0.2) is 88.9 Å². The van der Waals surface area contributed by atoms with E-state index in [4.69, 9.17) is 11.6 Å². The standard InChI is InChI=1S/C22H20ClN3O3S/c1-17-7-5-6-10-21(17)26(30(28,29)20-8-3-2-4-9-20)16-22(27)25-24-15-18-11-13-19(23)14-12-18/h2-15H,16H2,1H3,(H,25,27)/b24-15+. The van der Waals surface area contributed by atoms with E-state index in [1.54, 1.807) is 67.6 Å². The highest BCUT2D eigenvalue weighted by Crippen LogP contribution is 2.26. The lowest BCUT2D eigenvalue weighted by molar-refractivity contribution is -0.119. The van der Waals surface area contributed by atoms with E-state index in [1.165, 1.54) is 18.3 Å². The number of anilines is 1. The summed E-state index contributed by atoms with van der Waals surface area (Å²) in [5.74, 6) is -0.567. The molecule has 0 aliphatic carbocycles. The Morgan fingerprint density at radius 1 is 1.00 bits per heavy atom. The number of nitrogens with one attached hydrogen (secondary N) is 1. The van der Waals surface area contributed by atoms with E-state index in [0.717, 1.165) is 15.4 Å². The molecule has 0 spiro atoms. The van der Waals surface area contributed by atoms with Crippen LogP contribution in [0.4, 0.5) is 5.69 Å². The minimum Gasteiger partial charge on any atom is -0.271 e. The van der Waals surface area contributed by atoms with Gasteiger partial charge in [-0.25, -0.2) is 13.8 Å². The number of nitrogens with zero attached hydrogens (tertiary/aromatic N) is 2. The third kappa shape index (κ3) is 5.25. The Morgan fingerprint density at radius 3 is 2.30 bits per heavy atom. The fourth-order valence-corrected chi connectivity index (χ4v) is 4.39. The Balaban J connectivity index is 1.83. The monoisotopic (exact) mass is 441 g/mol. The van der Waals surface area contributed by atoms with Gasteiger partial charge in [-0.15, -0.1) is 0 Å². The zero-order valence-electron chi connectivity index (χ0n) is 16.2. The lowest BCUT2D eigenvalue weighted by Gasteiger charge is -2.25. The molecule has 0 aromatic heterocycles. The number of hydrogen-bond acceptors (Lipinski definition) is 4.